The minimum absolute atomic E-state index is 0.0502. The Kier molecular flexibility index (Phi) is 5.59. The van der Waals surface area contributed by atoms with E-state index in [-0.39, 0.29) is 26.7 Å². The van der Waals surface area contributed by atoms with Crippen molar-refractivity contribution < 1.29 is 37.0 Å². The van der Waals surface area contributed by atoms with Crippen molar-refractivity contribution in [2.75, 3.05) is 19.5 Å². The molecule has 0 saturated heterocycles. The van der Waals surface area contributed by atoms with Gasteiger partial charge in [-0.05, 0) is 12.5 Å². The van der Waals surface area contributed by atoms with E-state index in [0.717, 1.165) is 30.2 Å². The fraction of sp³-hybridized carbons (Fsp3) is 0.333. The summed E-state index contributed by atoms with van der Waals surface area (Å²) < 4.78 is 48.3. The topological polar surface area (TPSA) is 99.5 Å². The minimum atomic E-state index is -4.72. The molecule has 1 N–H and O–H groups in total. The molecule has 0 aliphatic carbocycles. The lowest BCUT2D eigenvalue weighted by atomic mass is 10.1. The molecule has 8 nitrogen and oxygen atoms in total. The minimum Gasteiger partial charge on any atom is -0.465 e. The summed E-state index contributed by atoms with van der Waals surface area (Å²) in [6.45, 7) is 1.45. The molecule has 1 amide bonds. The summed E-state index contributed by atoms with van der Waals surface area (Å²) in [7, 11) is 3.43. The van der Waals surface area contributed by atoms with Gasteiger partial charge in [-0.2, -0.15) is 18.3 Å². The lowest BCUT2D eigenvalue weighted by molar-refractivity contribution is -0.141. The number of aromatic nitrogens is 2. The third-order valence-electron chi connectivity index (χ3n) is 3.54. The van der Waals surface area contributed by atoms with Crippen molar-refractivity contribution in [3.8, 4) is 0 Å². The van der Waals surface area contributed by atoms with Crippen molar-refractivity contribution in [3.05, 3.63) is 33.5 Å². The predicted octanol–water partition coefficient (Wildman–Crippen LogP) is 2.63. The van der Waals surface area contributed by atoms with Crippen molar-refractivity contribution in [2.24, 2.45) is 7.05 Å². The first-order valence-electron chi connectivity index (χ1n) is 7.23. The summed E-state index contributed by atoms with van der Waals surface area (Å²) in [5, 5.41) is 5.53. The Bertz CT molecular complexity index is 917. The molecular weight excluding hydrogens is 391 g/mol. The Labute approximate surface area is 154 Å². The summed E-state index contributed by atoms with van der Waals surface area (Å²) >= 11 is 0.745. The largest absolute Gasteiger partial charge is 0.465 e. The van der Waals surface area contributed by atoms with Crippen LogP contribution in [-0.2, 0) is 22.7 Å². The number of nitrogens with zero attached hydrogens (tertiary/aromatic N) is 2. The fourth-order valence-electron chi connectivity index (χ4n) is 2.22. The molecular formula is C15H14F3N3O5S. The Hall–Kier alpha value is -2.89. The van der Waals surface area contributed by atoms with Crippen LogP contribution in [0.2, 0.25) is 0 Å². The number of nitrogens with one attached hydrogen (secondary N) is 1. The molecule has 0 aliphatic heterocycles. The van der Waals surface area contributed by atoms with Crippen molar-refractivity contribution in [1.29, 1.82) is 0 Å². The summed E-state index contributed by atoms with van der Waals surface area (Å²) in [5.41, 5.74) is -1.49. The lowest BCUT2D eigenvalue weighted by Crippen LogP contribution is -2.17. The average Bonchev–Trinajstić information content (AvgIpc) is 3.14. The van der Waals surface area contributed by atoms with Gasteiger partial charge < -0.3 is 14.8 Å². The molecule has 12 heteroatoms. The number of hydrogen-bond donors (Lipinski definition) is 1. The molecule has 27 heavy (non-hydrogen) atoms. The Balaban J connectivity index is 2.45. The number of carbonyl (C=O) groups excluding carboxylic acids is 3. The van der Waals surface area contributed by atoms with Gasteiger partial charge in [-0.25, -0.2) is 9.59 Å². The Morgan fingerprint density at radius 1 is 1.19 bits per heavy atom. The zero-order valence-electron chi connectivity index (χ0n) is 14.6. The van der Waals surface area contributed by atoms with E-state index in [4.69, 9.17) is 0 Å². The van der Waals surface area contributed by atoms with Gasteiger partial charge in [0.05, 0.1) is 19.8 Å². The van der Waals surface area contributed by atoms with Crippen molar-refractivity contribution in [3.63, 3.8) is 0 Å². The number of hydrogen-bond acceptors (Lipinski definition) is 7. The van der Waals surface area contributed by atoms with Crippen LogP contribution in [0.15, 0.2) is 6.07 Å². The number of amides is 1. The number of rotatable bonds is 4. The number of halogens is 3. The van der Waals surface area contributed by atoms with E-state index < -0.39 is 29.7 Å². The van der Waals surface area contributed by atoms with Crippen LogP contribution in [0.5, 0.6) is 0 Å². The first-order chi connectivity index (χ1) is 12.5. The van der Waals surface area contributed by atoms with E-state index in [0.29, 0.717) is 6.07 Å². The summed E-state index contributed by atoms with van der Waals surface area (Å²) in [6, 6.07) is 0.578. The Morgan fingerprint density at radius 3 is 2.26 bits per heavy atom. The van der Waals surface area contributed by atoms with Crippen LogP contribution in [0.4, 0.5) is 18.2 Å². The van der Waals surface area contributed by atoms with Gasteiger partial charge in [-0.15, -0.1) is 11.3 Å². The molecule has 0 radical (unpaired) electrons. The number of alkyl halides is 3. The maximum absolute atomic E-state index is 12.8. The van der Waals surface area contributed by atoms with Gasteiger partial charge >= 0.3 is 18.1 Å². The number of methoxy groups -OCH3 is 2. The van der Waals surface area contributed by atoms with E-state index in [1.807, 2.05) is 0 Å². The molecule has 0 saturated carbocycles. The number of esters is 2. The lowest BCUT2D eigenvalue weighted by Gasteiger charge is -2.06. The molecule has 0 unspecified atom stereocenters. The van der Waals surface area contributed by atoms with Gasteiger partial charge in [0.15, 0.2) is 5.69 Å². The third-order valence-corrected chi connectivity index (χ3v) is 4.72. The second-order valence-corrected chi connectivity index (χ2v) is 6.25. The Morgan fingerprint density at radius 2 is 1.78 bits per heavy atom. The molecule has 2 aromatic heterocycles. The van der Waals surface area contributed by atoms with E-state index >= 15 is 0 Å². The first-order valence-corrected chi connectivity index (χ1v) is 8.05. The van der Waals surface area contributed by atoms with Crippen LogP contribution < -0.4 is 5.32 Å². The number of aryl methyl sites for hydroxylation is 1. The van der Waals surface area contributed by atoms with E-state index in [2.05, 4.69) is 19.9 Å². The molecule has 2 aromatic rings. The zero-order chi connectivity index (χ0) is 20.5. The van der Waals surface area contributed by atoms with Gasteiger partial charge in [0, 0.05) is 13.1 Å². The van der Waals surface area contributed by atoms with E-state index in [9.17, 15) is 27.6 Å². The fourth-order valence-corrected chi connectivity index (χ4v) is 3.33. The molecule has 0 fully saturated rings. The van der Waals surface area contributed by atoms with Crippen LogP contribution in [-0.4, -0.2) is 41.8 Å². The van der Waals surface area contributed by atoms with Gasteiger partial charge in [0.2, 0.25) is 0 Å². The second-order valence-electron chi connectivity index (χ2n) is 5.23. The normalized spacial score (nSPS) is 11.2. The highest BCUT2D eigenvalue weighted by Gasteiger charge is 2.36. The summed E-state index contributed by atoms with van der Waals surface area (Å²) in [5.74, 6) is -2.50. The monoisotopic (exact) mass is 405 g/mol. The molecule has 0 aromatic carbocycles. The quantitative estimate of drug-likeness (QED) is 0.785. The molecule has 0 aliphatic rings. The van der Waals surface area contributed by atoms with Gasteiger partial charge in [0.1, 0.15) is 15.6 Å². The second kappa shape index (κ2) is 7.39. The summed E-state index contributed by atoms with van der Waals surface area (Å²) in [6.07, 6.45) is -4.72. The molecule has 0 spiro atoms. The van der Waals surface area contributed by atoms with E-state index in [1.54, 1.807) is 0 Å². The maximum atomic E-state index is 12.8. The van der Waals surface area contributed by atoms with Crippen LogP contribution >= 0.6 is 11.3 Å². The number of anilines is 1. The summed E-state index contributed by atoms with van der Waals surface area (Å²) in [4.78, 5) is 36.3. The van der Waals surface area contributed by atoms with Gasteiger partial charge in [-0.3, -0.25) is 9.48 Å². The third kappa shape index (κ3) is 3.94. The van der Waals surface area contributed by atoms with Crippen molar-refractivity contribution in [1.82, 2.24) is 9.78 Å². The van der Waals surface area contributed by atoms with Crippen molar-refractivity contribution >= 4 is 34.2 Å². The van der Waals surface area contributed by atoms with Gasteiger partial charge in [0.25, 0.3) is 5.91 Å². The van der Waals surface area contributed by atoms with Crippen LogP contribution in [0, 0.1) is 6.92 Å². The van der Waals surface area contributed by atoms with Crippen LogP contribution in [0.1, 0.15) is 41.8 Å². The zero-order valence-corrected chi connectivity index (χ0v) is 15.4. The predicted molar refractivity (Wildman–Crippen MR) is 87.9 cm³/mol. The highest BCUT2D eigenvalue weighted by Crippen LogP contribution is 2.35. The molecule has 0 bridgehead atoms. The van der Waals surface area contributed by atoms with Crippen molar-refractivity contribution in [2.45, 2.75) is 13.1 Å². The smallest absolute Gasteiger partial charge is 0.435 e. The molecule has 2 rings (SSSR count). The number of carbonyl (C=O) groups is 3. The maximum Gasteiger partial charge on any atom is 0.435 e. The standard InChI is InChI=1S/C15H14F3N3O5S/c1-6-9(13(23)25-3)12(27-10(6)14(24)26-4)19-11(22)7-5-8(15(16,17)18)20-21(7)2/h5H,1-4H3,(H,19,22). The number of ether oxygens (including phenoxy) is 2. The first kappa shape index (κ1) is 20.4. The van der Waals surface area contributed by atoms with Crippen LogP contribution in [0.25, 0.3) is 0 Å². The van der Waals surface area contributed by atoms with Gasteiger partial charge in [-0.1, -0.05) is 0 Å². The molecule has 0 atom stereocenters. The average molecular weight is 405 g/mol. The molecule has 146 valence electrons. The van der Waals surface area contributed by atoms with E-state index in [1.165, 1.54) is 14.0 Å². The highest BCUT2D eigenvalue weighted by atomic mass is 32.1. The highest BCUT2D eigenvalue weighted by molar-refractivity contribution is 7.18. The van der Waals surface area contributed by atoms with Crippen LogP contribution in [0.3, 0.4) is 0 Å². The number of thiophene rings is 1. The SMILES string of the molecule is COC(=O)c1sc(NC(=O)c2cc(C(F)(F)F)nn2C)c(C(=O)OC)c1C. The molecule has 2 heterocycles.